The molecule has 1 amide bonds. The van der Waals surface area contributed by atoms with Crippen molar-refractivity contribution in [2.24, 2.45) is 0 Å². The average Bonchev–Trinajstić information content (AvgIpc) is 2.61. The van der Waals surface area contributed by atoms with E-state index >= 15 is 0 Å². The molecule has 0 spiro atoms. The van der Waals surface area contributed by atoms with Gasteiger partial charge in [-0.15, -0.1) is 0 Å². The maximum atomic E-state index is 12.8. The minimum atomic E-state index is -3.78. The van der Waals surface area contributed by atoms with Crippen LogP contribution < -0.4 is 0 Å². The zero-order valence-corrected chi connectivity index (χ0v) is 15.7. The molecule has 0 aromatic heterocycles. The lowest BCUT2D eigenvalue weighted by molar-refractivity contribution is -0.0757. The quantitative estimate of drug-likeness (QED) is 0.720. The number of hydrogen-bond acceptors (Lipinski definition) is 4. The maximum Gasteiger partial charge on any atom is 0.278 e. The van der Waals surface area contributed by atoms with E-state index in [0.29, 0.717) is 0 Å². The predicted octanol–water partition coefficient (Wildman–Crippen LogP) is 2.79. The lowest BCUT2D eigenvalue weighted by Gasteiger charge is -2.19. The van der Waals surface area contributed by atoms with E-state index in [4.69, 9.17) is 16.4 Å². The lowest BCUT2D eigenvalue weighted by atomic mass is 10.2. The number of halogens is 1. The van der Waals surface area contributed by atoms with Crippen molar-refractivity contribution < 1.29 is 18.0 Å². The van der Waals surface area contributed by atoms with E-state index in [1.165, 1.54) is 43.7 Å². The molecular weight excluding hydrogens is 364 g/mol. The third kappa shape index (κ3) is 4.38. The summed E-state index contributed by atoms with van der Waals surface area (Å²) in [5.41, 5.74) is 0.915. The van der Waals surface area contributed by atoms with Crippen molar-refractivity contribution in [2.75, 3.05) is 21.2 Å². The molecule has 0 heterocycles. The summed E-state index contributed by atoms with van der Waals surface area (Å²) in [6.45, 7) is 0.215. The van der Waals surface area contributed by atoms with Gasteiger partial charge in [0.15, 0.2) is 0 Å². The second-order valence-corrected chi connectivity index (χ2v) is 7.83. The van der Waals surface area contributed by atoms with E-state index in [1.54, 1.807) is 0 Å². The van der Waals surface area contributed by atoms with Crippen molar-refractivity contribution in [3.05, 3.63) is 64.7 Å². The van der Waals surface area contributed by atoms with Gasteiger partial charge in [0.1, 0.15) is 0 Å². The Hall–Kier alpha value is -1.93. The molecule has 25 heavy (non-hydrogen) atoms. The number of carbonyl (C=O) groups is 1. The van der Waals surface area contributed by atoms with Crippen molar-refractivity contribution in [1.82, 2.24) is 9.37 Å². The zero-order valence-electron chi connectivity index (χ0n) is 14.1. The molecule has 0 fully saturated rings. The monoisotopic (exact) mass is 382 g/mol. The van der Waals surface area contributed by atoms with Crippen LogP contribution in [0.3, 0.4) is 0 Å². The molecule has 0 aliphatic rings. The van der Waals surface area contributed by atoms with E-state index in [9.17, 15) is 13.2 Å². The van der Waals surface area contributed by atoms with Gasteiger partial charge in [0, 0.05) is 20.6 Å². The molecule has 0 atom stereocenters. The molecule has 0 aliphatic carbocycles. The van der Waals surface area contributed by atoms with Crippen LogP contribution in [0, 0.1) is 0 Å². The van der Waals surface area contributed by atoms with E-state index in [2.05, 4.69) is 0 Å². The van der Waals surface area contributed by atoms with Crippen LogP contribution in [0.5, 0.6) is 0 Å². The van der Waals surface area contributed by atoms with Crippen LogP contribution in [0.25, 0.3) is 0 Å². The van der Waals surface area contributed by atoms with E-state index in [1.807, 2.05) is 30.3 Å². The molecule has 2 aromatic carbocycles. The molecule has 0 radical (unpaired) electrons. The first-order chi connectivity index (χ1) is 11.8. The lowest BCUT2D eigenvalue weighted by Crippen LogP contribution is -2.28. The SMILES string of the molecule is CON(C)C(=O)c1cc(S(=O)(=O)N(C)Cc2ccccc2)ccc1Cl. The van der Waals surface area contributed by atoms with Gasteiger partial charge in [-0.1, -0.05) is 41.9 Å². The molecular formula is C17H19ClN2O4S. The predicted molar refractivity (Wildman–Crippen MR) is 95.6 cm³/mol. The van der Waals surface area contributed by atoms with E-state index < -0.39 is 15.9 Å². The van der Waals surface area contributed by atoms with Gasteiger partial charge in [-0.05, 0) is 23.8 Å². The number of amides is 1. The van der Waals surface area contributed by atoms with Crippen LogP contribution in [0.4, 0.5) is 0 Å². The number of hydrogen-bond donors (Lipinski definition) is 0. The highest BCUT2D eigenvalue weighted by Crippen LogP contribution is 2.24. The Labute approximate surface area is 152 Å². The highest BCUT2D eigenvalue weighted by Gasteiger charge is 2.24. The molecule has 2 rings (SSSR count). The summed E-state index contributed by atoms with van der Waals surface area (Å²) in [4.78, 5) is 17.1. The first-order valence-electron chi connectivity index (χ1n) is 7.39. The smallest absolute Gasteiger partial charge is 0.274 e. The minimum Gasteiger partial charge on any atom is -0.274 e. The molecule has 134 valence electrons. The third-order valence-corrected chi connectivity index (χ3v) is 5.81. The number of benzene rings is 2. The Morgan fingerprint density at radius 2 is 1.76 bits per heavy atom. The van der Waals surface area contributed by atoms with Gasteiger partial charge in [0.25, 0.3) is 5.91 Å². The fraction of sp³-hybridized carbons (Fsp3) is 0.235. The van der Waals surface area contributed by atoms with E-state index in [0.717, 1.165) is 10.6 Å². The van der Waals surface area contributed by atoms with Gasteiger partial charge < -0.3 is 0 Å². The second-order valence-electron chi connectivity index (χ2n) is 5.37. The van der Waals surface area contributed by atoms with Crippen molar-refractivity contribution in [2.45, 2.75) is 11.4 Å². The Bertz CT molecular complexity index is 856. The molecule has 0 bridgehead atoms. The minimum absolute atomic E-state index is 0.0109. The highest BCUT2D eigenvalue weighted by atomic mass is 35.5. The number of sulfonamides is 1. The summed E-state index contributed by atoms with van der Waals surface area (Å²) in [5.74, 6) is -0.532. The van der Waals surface area contributed by atoms with Gasteiger partial charge in [0.05, 0.1) is 22.6 Å². The van der Waals surface area contributed by atoms with Crippen LogP contribution in [-0.4, -0.2) is 44.9 Å². The van der Waals surface area contributed by atoms with Gasteiger partial charge in [-0.3, -0.25) is 9.63 Å². The fourth-order valence-electron chi connectivity index (χ4n) is 2.19. The summed E-state index contributed by atoms with van der Waals surface area (Å²) in [5, 5.41) is 1.13. The first-order valence-corrected chi connectivity index (χ1v) is 9.21. The summed E-state index contributed by atoms with van der Waals surface area (Å²) < 4.78 is 26.8. The Balaban J connectivity index is 2.34. The van der Waals surface area contributed by atoms with Crippen molar-refractivity contribution in [1.29, 1.82) is 0 Å². The largest absolute Gasteiger partial charge is 0.278 e. The van der Waals surface area contributed by atoms with Crippen molar-refractivity contribution in [3.8, 4) is 0 Å². The average molecular weight is 383 g/mol. The normalized spacial score (nSPS) is 11.6. The van der Waals surface area contributed by atoms with Gasteiger partial charge >= 0.3 is 0 Å². The summed E-state index contributed by atoms with van der Waals surface area (Å²) in [6.07, 6.45) is 0. The van der Waals surface area contributed by atoms with Crippen LogP contribution in [0.2, 0.25) is 5.02 Å². The zero-order chi connectivity index (χ0) is 18.6. The molecule has 8 heteroatoms. The number of hydroxylamine groups is 2. The van der Waals surface area contributed by atoms with Gasteiger partial charge in [-0.2, -0.15) is 4.31 Å². The highest BCUT2D eigenvalue weighted by molar-refractivity contribution is 7.89. The summed E-state index contributed by atoms with van der Waals surface area (Å²) in [6, 6.07) is 13.3. The van der Waals surface area contributed by atoms with Crippen molar-refractivity contribution in [3.63, 3.8) is 0 Å². The van der Waals surface area contributed by atoms with Crippen molar-refractivity contribution >= 4 is 27.5 Å². The Kier molecular flexibility index (Phi) is 6.18. The maximum absolute atomic E-state index is 12.8. The molecule has 0 N–H and O–H groups in total. The number of carbonyl (C=O) groups excluding carboxylic acids is 1. The van der Waals surface area contributed by atoms with Crippen LogP contribution >= 0.6 is 11.6 Å². The Morgan fingerprint density at radius 1 is 1.12 bits per heavy atom. The number of nitrogens with zero attached hydrogens (tertiary/aromatic N) is 2. The molecule has 0 saturated heterocycles. The Morgan fingerprint density at radius 3 is 2.36 bits per heavy atom. The van der Waals surface area contributed by atoms with E-state index in [-0.39, 0.29) is 22.0 Å². The number of rotatable bonds is 6. The molecule has 0 saturated carbocycles. The first kappa shape index (κ1) is 19.4. The molecule has 2 aromatic rings. The van der Waals surface area contributed by atoms with Gasteiger partial charge in [0.2, 0.25) is 10.0 Å². The molecule has 0 unspecified atom stereocenters. The summed E-state index contributed by atoms with van der Waals surface area (Å²) >= 11 is 6.04. The summed E-state index contributed by atoms with van der Waals surface area (Å²) in [7, 11) is 0.458. The molecule has 6 nitrogen and oxygen atoms in total. The topological polar surface area (TPSA) is 66.9 Å². The fourth-order valence-corrected chi connectivity index (χ4v) is 3.57. The van der Waals surface area contributed by atoms with Crippen LogP contribution in [0.1, 0.15) is 15.9 Å². The third-order valence-electron chi connectivity index (χ3n) is 3.68. The van der Waals surface area contributed by atoms with Crippen LogP contribution in [0.15, 0.2) is 53.4 Å². The second kappa shape index (κ2) is 7.97. The molecule has 0 aliphatic heterocycles. The van der Waals surface area contributed by atoms with Crippen LogP contribution in [-0.2, 0) is 21.4 Å². The standard InChI is InChI=1S/C17H19ClN2O4S/c1-19(12-13-7-5-4-6-8-13)25(22,23)14-9-10-16(18)15(11-14)17(21)20(2)24-3/h4-11H,12H2,1-3H3. The van der Waals surface area contributed by atoms with Gasteiger partial charge in [-0.25, -0.2) is 13.5 Å².